The monoisotopic (exact) mass is 253 g/mol. The van der Waals surface area contributed by atoms with Gasteiger partial charge in [-0.1, -0.05) is 6.92 Å². The molecule has 0 spiro atoms. The highest BCUT2D eigenvalue weighted by Crippen LogP contribution is 2.19. The van der Waals surface area contributed by atoms with Crippen LogP contribution in [0.4, 0.5) is 5.69 Å². The molecule has 0 aromatic heterocycles. The van der Waals surface area contributed by atoms with Gasteiger partial charge in [0.25, 0.3) is 0 Å². The largest absolute Gasteiger partial charge is 0.494 e. The Bertz CT molecular complexity index is 406. The molecule has 0 heterocycles. The van der Waals surface area contributed by atoms with Gasteiger partial charge in [-0.2, -0.15) is 0 Å². The van der Waals surface area contributed by atoms with E-state index in [0.717, 1.165) is 0 Å². The van der Waals surface area contributed by atoms with Gasteiger partial charge in [-0.3, -0.25) is 0 Å². The first-order valence-electron chi connectivity index (χ1n) is 5.88. The van der Waals surface area contributed by atoms with Gasteiger partial charge in [0, 0.05) is 24.3 Å². The van der Waals surface area contributed by atoms with E-state index in [2.05, 4.69) is 0 Å². The molecule has 3 N–H and O–H groups in total. The Morgan fingerprint density at radius 2 is 2.17 bits per heavy atom. The lowest BCUT2D eigenvalue weighted by molar-refractivity contribution is 0.0405. The molecule has 1 aromatic rings. The van der Waals surface area contributed by atoms with Crippen molar-refractivity contribution < 1.29 is 19.4 Å². The molecule has 1 unspecified atom stereocenters. The summed E-state index contributed by atoms with van der Waals surface area (Å²) in [7, 11) is 0. The van der Waals surface area contributed by atoms with E-state index in [4.69, 9.17) is 20.3 Å². The summed E-state index contributed by atoms with van der Waals surface area (Å²) in [5.74, 6) is -0.00965. The molecule has 1 rings (SSSR count). The van der Waals surface area contributed by atoms with Crippen LogP contribution in [-0.2, 0) is 4.74 Å². The van der Waals surface area contributed by atoms with Crippen molar-refractivity contribution in [2.75, 3.05) is 25.6 Å². The second-order valence-electron chi connectivity index (χ2n) is 4.11. The van der Waals surface area contributed by atoms with Gasteiger partial charge >= 0.3 is 5.97 Å². The Balaban J connectivity index is 2.72. The van der Waals surface area contributed by atoms with Crippen LogP contribution in [0.3, 0.4) is 0 Å². The number of carbonyl (C=O) groups excluding carboxylic acids is 1. The van der Waals surface area contributed by atoms with Gasteiger partial charge in [0.15, 0.2) is 0 Å². The predicted octanol–water partition coefficient (Wildman–Crippen LogP) is 1.45. The number of rotatable bonds is 6. The van der Waals surface area contributed by atoms with Crippen molar-refractivity contribution in [1.82, 2.24) is 0 Å². The van der Waals surface area contributed by atoms with Crippen LogP contribution in [0, 0.1) is 5.92 Å². The van der Waals surface area contributed by atoms with Crippen LogP contribution in [0.2, 0.25) is 0 Å². The van der Waals surface area contributed by atoms with E-state index in [-0.39, 0.29) is 19.1 Å². The van der Waals surface area contributed by atoms with Gasteiger partial charge < -0.3 is 20.3 Å². The normalized spacial score (nSPS) is 11.9. The lowest BCUT2D eigenvalue weighted by atomic mass is 10.2. The zero-order valence-electron chi connectivity index (χ0n) is 10.7. The summed E-state index contributed by atoms with van der Waals surface area (Å²) in [5, 5.41) is 8.85. The van der Waals surface area contributed by atoms with Crippen LogP contribution in [0.25, 0.3) is 0 Å². The van der Waals surface area contributed by atoms with Crippen molar-refractivity contribution in [2.45, 2.75) is 13.8 Å². The molecule has 0 radical (unpaired) electrons. The number of nitrogen functional groups attached to an aromatic ring is 1. The lowest BCUT2D eigenvalue weighted by Gasteiger charge is -2.10. The summed E-state index contributed by atoms with van der Waals surface area (Å²) in [4.78, 5) is 11.8. The Hall–Kier alpha value is -1.75. The number of benzene rings is 1. The van der Waals surface area contributed by atoms with Crippen LogP contribution >= 0.6 is 0 Å². The number of aliphatic hydroxyl groups is 1. The third-order valence-electron chi connectivity index (χ3n) is 2.29. The van der Waals surface area contributed by atoms with E-state index in [9.17, 15) is 4.79 Å². The average Bonchev–Trinajstić information content (AvgIpc) is 2.35. The van der Waals surface area contributed by atoms with E-state index in [1.165, 1.54) is 6.07 Å². The lowest BCUT2D eigenvalue weighted by Crippen LogP contribution is -2.15. The molecule has 0 saturated carbocycles. The van der Waals surface area contributed by atoms with E-state index >= 15 is 0 Å². The van der Waals surface area contributed by atoms with Crippen LogP contribution in [0.5, 0.6) is 5.75 Å². The van der Waals surface area contributed by atoms with Crippen LogP contribution in [0.1, 0.15) is 24.2 Å². The van der Waals surface area contributed by atoms with Crippen molar-refractivity contribution >= 4 is 11.7 Å². The summed E-state index contributed by atoms with van der Waals surface area (Å²) in [6, 6.07) is 4.77. The Morgan fingerprint density at radius 1 is 1.44 bits per heavy atom. The van der Waals surface area contributed by atoms with Crippen molar-refractivity contribution in [3.63, 3.8) is 0 Å². The summed E-state index contributed by atoms with van der Waals surface area (Å²) in [5.41, 5.74) is 6.48. The highest BCUT2D eigenvalue weighted by Gasteiger charge is 2.11. The summed E-state index contributed by atoms with van der Waals surface area (Å²) in [6.07, 6.45) is 0. The highest BCUT2D eigenvalue weighted by molar-refractivity contribution is 5.91. The standard InChI is InChI=1S/C13H19NO4/c1-3-17-12-5-10(4-11(14)6-12)13(16)18-8-9(2)7-15/h4-6,9,15H,3,7-8,14H2,1-2H3. The highest BCUT2D eigenvalue weighted by atomic mass is 16.5. The molecule has 5 nitrogen and oxygen atoms in total. The fourth-order valence-electron chi connectivity index (χ4n) is 1.34. The second-order valence-corrected chi connectivity index (χ2v) is 4.11. The number of carbonyl (C=O) groups is 1. The first-order valence-corrected chi connectivity index (χ1v) is 5.88. The van der Waals surface area contributed by atoms with Crippen LogP contribution in [0.15, 0.2) is 18.2 Å². The van der Waals surface area contributed by atoms with Gasteiger partial charge in [-0.25, -0.2) is 4.79 Å². The van der Waals surface area contributed by atoms with Gasteiger partial charge in [-0.15, -0.1) is 0 Å². The van der Waals surface area contributed by atoms with Crippen molar-refractivity contribution in [3.8, 4) is 5.75 Å². The zero-order valence-corrected chi connectivity index (χ0v) is 10.7. The summed E-state index contributed by atoms with van der Waals surface area (Å²) < 4.78 is 10.4. The van der Waals surface area contributed by atoms with Crippen LogP contribution < -0.4 is 10.5 Å². The topological polar surface area (TPSA) is 81.8 Å². The van der Waals surface area contributed by atoms with E-state index < -0.39 is 5.97 Å². The maximum absolute atomic E-state index is 11.8. The van der Waals surface area contributed by atoms with Crippen molar-refractivity contribution in [3.05, 3.63) is 23.8 Å². The molecule has 0 aliphatic carbocycles. The molecule has 1 atom stereocenters. The molecule has 5 heteroatoms. The van der Waals surface area contributed by atoms with E-state index in [1.807, 2.05) is 6.92 Å². The Labute approximate surface area is 107 Å². The number of ether oxygens (including phenoxy) is 2. The van der Waals surface area contributed by atoms with E-state index in [1.54, 1.807) is 19.1 Å². The van der Waals surface area contributed by atoms with Gasteiger partial charge in [0.2, 0.25) is 0 Å². The zero-order chi connectivity index (χ0) is 13.5. The molecule has 0 saturated heterocycles. The molecule has 100 valence electrons. The van der Waals surface area contributed by atoms with Gasteiger partial charge in [0.05, 0.1) is 18.8 Å². The molecular weight excluding hydrogens is 234 g/mol. The van der Waals surface area contributed by atoms with Crippen molar-refractivity contribution in [2.24, 2.45) is 5.92 Å². The Kier molecular flexibility index (Phi) is 5.45. The maximum atomic E-state index is 11.8. The second kappa shape index (κ2) is 6.86. The number of hydrogen-bond acceptors (Lipinski definition) is 5. The fourth-order valence-corrected chi connectivity index (χ4v) is 1.34. The molecular formula is C13H19NO4. The molecule has 0 amide bonds. The maximum Gasteiger partial charge on any atom is 0.338 e. The third kappa shape index (κ3) is 4.25. The van der Waals surface area contributed by atoms with E-state index in [0.29, 0.717) is 23.6 Å². The number of anilines is 1. The number of nitrogens with two attached hydrogens (primary N) is 1. The quantitative estimate of drug-likeness (QED) is 0.592. The molecule has 0 bridgehead atoms. The minimum Gasteiger partial charge on any atom is -0.494 e. The first-order chi connectivity index (χ1) is 8.56. The predicted molar refractivity (Wildman–Crippen MR) is 68.6 cm³/mol. The van der Waals surface area contributed by atoms with Crippen molar-refractivity contribution in [1.29, 1.82) is 0 Å². The minimum absolute atomic E-state index is 0.0194. The molecule has 18 heavy (non-hydrogen) atoms. The average molecular weight is 253 g/mol. The minimum atomic E-state index is -0.469. The molecule has 0 fully saturated rings. The van der Waals surface area contributed by atoms with Crippen LogP contribution in [-0.4, -0.2) is 30.9 Å². The van der Waals surface area contributed by atoms with Gasteiger partial charge in [-0.05, 0) is 19.1 Å². The number of aliphatic hydroxyl groups excluding tert-OH is 1. The summed E-state index contributed by atoms with van der Waals surface area (Å²) in [6.45, 7) is 4.30. The number of esters is 1. The molecule has 1 aromatic carbocycles. The number of hydrogen-bond donors (Lipinski definition) is 2. The molecule has 0 aliphatic heterocycles. The smallest absolute Gasteiger partial charge is 0.338 e. The van der Waals surface area contributed by atoms with Gasteiger partial charge in [0.1, 0.15) is 5.75 Å². The summed E-state index contributed by atoms with van der Waals surface area (Å²) >= 11 is 0. The first kappa shape index (κ1) is 14.3. The molecule has 0 aliphatic rings. The SMILES string of the molecule is CCOc1cc(N)cc(C(=O)OCC(C)CO)c1. The third-order valence-corrected chi connectivity index (χ3v) is 2.29. The Morgan fingerprint density at radius 3 is 2.78 bits per heavy atom. The fraction of sp³-hybridized carbons (Fsp3) is 0.462.